The van der Waals surface area contributed by atoms with E-state index in [4.69, 9.17) is 33.5 Å². The molecule has 2 aliphatic rings. The molecule has 2 aliphatic heterocycles. The fourth-order valence-electron chi connectivity index (χ4n) is 5.06. The number of carbonyl (C=O) groups excluding carboxylic acids is 1. The lowest BCUT2D eigenvalue weighted by molar-refractivity contribution is -0.299. The molecule has 1 saturated heterocycles. The number of esters is 1. The molecule has 0 aromatic heterocycles. The lowest BCUT2D eigenvalue weighted by Crippen LogP contribution is -2.59. The van der Waals surface area contributed by atoms with Crippen LogP contribution in [0, 0.1) is 0 Å². The standard InChI is InChI=1S/C31H38O13/c1-16(8-9-32)30(38)42-15-24-25(35)26(36)27(37)31(43-24)41-10-4-5-17-11-19-20(14-33)28(44-29(19)23(12-17)40-3)18-6-7-21(34)22(13-18)39-2/h4-7,11-13,20,24-28,31-37H,1,8-10,14-15H2,2-3H3/b5-4+/t20-,24-,25+,26+,27-,28+,31-/m0/s1. The smallest absolute Gasteiger partial charge is 0.333 e. The molecule has 6 N–H and O–H groups in total. The van der Waals surface area contributed by atoms with E-state index in [1.165, 1.54) is 20.3 Å². The molecule has 0 bridgehead atoms. The van der Waals surface area contributed by atoms with E-state index in [0.717, 1.165) is 0 Å². The molecule has 4 rings (SSSR count). The van der Waals surface area contributed by atoms with Crippen LogP contribution in [0.1, 0.15) is 35.1 Å². The van der Waals surface area contributed by atoms with Crippen molar-refractivity contribution in [1.82, 2.24) is 0 Å². The maximum absolute atomic E-state index is 12.0. The number of aliphatic hydroxyl groups excluding tert-OH is 5. The Morgan fingerprint density at radius 1 is 1.02 bits per heavy atom. The largest absolute Gasteiger partial charge is 0.504 e. The zero-order valence-corrected chi connectivity index (χ0v) is 24.4. The van der Waals surface area contributed by atoms with Gasteiger partial charge in [0.05, 0.1) is 33.4 Å². The number of carbonyl (C=O) groups is 1. The zero-order chi connectivity index (χ0) is 32.0. The van der Waals surface area contributed by atoms with Crippen LogP contribution in [0.2, 0.25) is 0 Å². The topological polar surface area (TPSA) is 194 Å². The van der Waals surface area contributed by atoms with Gasteiger partial charge in [-0.2, -0.15) is 0 Å². The first-order valence-electron chi connectivity index (χ1n) is 13.9. The molecule has 2 heterocycles. The molecule has 240 valence electrons. The van der Waals surface area contributed by atoms with Crippen molar-refractivity contribution in [2.45, 2.75) is 49.1 Å². The first-order chi connectivity index (χ1) is 21.1. The molecule has 0 radical (unpaired) electrons. The second-order valence-electron chi connectivity index (χ2n) is 10.3. The minimum Gasteiger partial charge on any atom is -0.504 e. The van der Waals surface area contributed by atoms with Crippen LogP contribution < -0.4 is 14.2 Å². The van der Waals surface area contributed by atoms with Gasteiger partial charge in [0, 0.05) is 24.2 Å². The summed E-state index contributed by atoms with van der Waals surface area (Å²) < 4.78 is 33.2. The van der Waals surface area contributed by atoms with E-state index in [1.807, 2.05) is 6.07 Å². The van der Waals surface area contributed by atoms with Crippen molar-refractivity contribution < 1.29 is 63.9 Å². The summed E-state index contributed by atoms with van der Waals surface area (Å²) in [7, 11) is 2.94. The first kappa shape index (κ1) is 33.2. The number of aromatic hydroxyl groups is 1. The highest BCUT2D eigenvalue weighted by molar-refractivity contribution is 5.87. The quantitative estimate of drug-likeness (QED) is 0.137. The van der Waals surface area contributed by atoms with Crippen LogP contribution in [0.15, 0.2) is 48.6 Å². The lowest BCUT2D eigenvalue weighted by atomic mass is 9.90. The highest BCUT2D eigenvalue weighted by atomic mass is 16.7. The van der Waals surface area contributed by atoms with Crippen molar-refractivity contribution in [1.29, 1.82) is 0 Å². The number of phenols is 1. The Bertz CT molecular complexity index is 1340. The van der Waals surface area contributed by atoms with E-state index >= 15 is 0 Å². The van der Waals surface area contributed by atoms with Gasteiger partial charge in [-0.3, -0.25) is 0 Å². The summed E-state index contributed by atoms with van der Waals surface area (Å²) in [6.45, 7) is 2.49. The number of benzene rings is 2. The first-order valence-corrected chi connectivity index (χ1v) is 13.9. The van der Waals surface area contributed by atoms with Gasteiger partial charge in [0.2, 0.25) is 0 Å². The van der Waals surface area contributed by atoms with Gasteiger partial charge in [-0.05, 0) is 35.4 Å². The molecule has 2 aromatic carbocycles. The number of methoxy groups -OCH3 is 2. The van der Waals surface area contributed by atoms with Gasteiger partial charge in [-0.15, -0.1) is 0 Å². The number of aliphatic hydroxyl groups is 5. The molecule has 0 unspecified atom stereocenters. The molecule has 0 aliphatic carbocycles. The van der Waals surface area contributed by atoms with Crippen molar-refractivity contribution >= 4 is 12.0 Å². The molecule has 13 nitrogen and oxygen atoms in total. The molecule has 13 heteroatoms. The summed E-state index contributed by atoms with van der Waals surface area (Å²) in [5.74, 6) is -0.0469. The number of rotatable bonds is 13. The second-order valence-corrected chi connectivity index (χ2v) is 10.3. The Balaban J connectivity index is 1.42. The summed E-state index contributed by atoms with van der Waals surface area (Å²) in [5.41, 5.74) is 2.15. The molecule has 44 heavy (non-hydrogen) atoms. The third kappa shape index (κ3) is 7.16. The number of fused-ring (bicyclic) bond motifs is 1. The SMILES string of the molecule is C=C(CCO)C(=O)OC[C@@H]1O[C@H](OC/C=C/c2cc(OC)c3c(c2)[C@H](CO)[C@@H](c2ccc(O)c(OC)c2)O3)[C@@H](O)[C@H](O)[C@@H]1O. The van der Waals surface area contributed by atoms with Crippen molar-refractivity contribution in [3.63, 3.8) is 0 Å². The van der Waals surface area contributed by atoms with Crippen LogP contribution >= 0.6 is 0 Å². The van der Waals surface area contributed by atoms with E-state index in [0.29, 0.717) is 28.2 Å². The highest BCUT2D eigenvalue weighted by Gasteiger charge is 2.45. The van der Waals surface area contributed by atoms with E-state index in [9.17, 15) is 30.3 Å². The van der Waals surface area contributed by atoms with Gasteiger partial charge in [-0.25, -0.2) is 4.79 Å². The minimum atomic E-state index is -1.63. The molecular weight excluding hydrogens is 580 g/mol. The average molecular weight is 619 g/mol. The van der Waals surface area contributed by atoms with Crippen molar-refractivity contribution in [3.8, 4) is 23.0 Å². The third-order valence-electron chi connectivity index (χ3n) is 7.48. The maximum Gasteiger partial charge on any atom is 0.333 e. The van der Waals surface area contributed by atoms with Gasteiger partial charge in [-0.1, -0.05) is 24.8 Å². The molecule has 2 aromatic rings. The molecular formula is C31H38O13. The van der Waals surface area contributed by atoms with E-state index in [1.54, 1.807) is 30.4 Å². The van der Waals surface area contributed by atoms with Crippen LogP contribution in [-0.4, -0.2) is 108 Å². The number of ether oxygens (including phenoxy) is 6. The van der Waals surface area contributed by atoms with Gasteiger partial charge in [0.25, 0.3) is 0 Å². The Kier molecular flexibility index (Phi) is 11.2. The van der Waals surface area contributed by atoms with Gasteiger partial charge in [0.15, 0.2) is 29.3 Å². The molecule has 0 spiro atoms. The lowest BCUT2D eigenvalue weighted by Gasteiger charge is -2.39. The van der Waals surface area contributed by atoms with E-state index < -0.39 is 55.3 Å². The third-order valence-corrected chi connectivity index (χ3v) is 7.48. The Labute approximate surface area is 254 Å². The fraction of sp³-hybridized carbons (Fsp3) is 0.452. The highest BCUT2D eigenvalue weighted by Crippen LogP contribution is 2.51. The summed E-state index contributed by atoms with van der Waals surface area (Å²) in [5, 5.41) is 60.1. The zero-order valence-electron chi connectivity index (χ0n) is 24.4. The summed E-state index contributed by atoms with van der Waals surface area (Å²) in [6.07, 6.45) is -4.47. The minimum absolute atomic E-state index is 0.0177. The molecule has 0 amide bonds. The van der Waals surface area contributed by atoms with Gasteiger partial charge < -0.3 is 59.1 Å². The summed E-state index contributed by atoms with van der Waals surface area (Å²) in [4.78, 5) is 12.0. The van der Waals surface area contributed by atoms with Crippen LogP contribution in [0.5, 0.6) is 23.0 Å². The summed E-state index contributed by atoms with van der Waals surface area (Å²) >= 11 is 0. The predicted molar refractivity (Wildman–Crippen MR) is 154 cm³/mol. The van der Waals surface area contributed by atoms with Crippen LogP contribution in [0.25, 0.3) is 6.08 Å². The number of hydrogen-bond donors (Lipinski definition) is 6. The monoisotopic (exact) mass is 618 g/mol. The second kappa shape index (κ2) is 14.9. The summed E-state index contributed by atoms with van der Waals surface area (Å²) in [6, 6.07) is 8.43. The Morgan fingerprint density at radius 2 is 1.77 bits per heavy atom. The maximum atomic E-state index is 12.0. The van der Waals surface area contributed by atoms with Crippen LogP contribution in [0.4, 0.5) is 0 Å². The normalized spacial score (nSPS) is 26.2. The van der Waals surface area contributed by atoms with Crippen molar-refractivity contribution in [2.24, 2.45) is 0 Å². The van der Waals surface area contributed by atoms with E-state index in [-0.39, 0.29) is 43.3 Å². The van der Waals surface area contributed by atoms with Crippen LogP contribution in [-0.2, 0) is 19.0 Å². The Morgan fingerprint density at radius 3 is 2.45 bits per heavy atom. The van der Waals surface area contributed by atoms with Crippen molar-refractivity contribution in [2.75, 3.05) is 40.6 Å². The average Bonchev–Trinajstić information content (AvgIpc) is 3.40. The van der Waals surface area contributed by atoms with Gasteiger partial charge >= 0.3 is 5.97 Å². The number of phenolic OH excluding ortho intramolecular Hbond substituents is 1. The van der Waals surface area contributed by atoms with E-state index in [2.05, 4.69) is 6.58 Å². The molecule has 7 atom stereocenters. The Hall–Kier alpha value is -3.69. The fourth-order valence-corrected chi connectivity index (χ4v) is 5.06. The van der Waals surface area contributed by atoms with Gasteiger partial charge in [0.1, 0.15) is 37.1 Å². The number of hydrogen-bond acceptors (Lipinski definition) is 13. The predicted octanol–water partition coefficient (Wildman–Crippen LogP) is 0.938. The van der Waals surface area contributed by atoms with Crippen molar-refractivity contribution in [3.05, 3.63) is 65.3 Å². The van der Waals surface area contributed by atoms with Crippen LogP contribution in [0.3, 0.4) is 0 Å². The molecule has 0 saturated carbocycles. The molecule has 1 fully saturated rings.